The van der Waals surface area contributed by atoms with Crippen molar-refractivity contribution in [3.05, 3.63) is 52.9 Å². The van der Waals surface area contributed by atoms with Gasteiger partial charge in [0.2, 0.25) is 0 Å². The highest BCUT2D eigenvalue weighted by Crippen LogP contribution is 2.48. The molecule has 0 saturated heterocycles. The van der Waals surface area contributed by atoms with E-state index in [4.69, 9.17) is 5.73 Å². The molecule has 6 nitrogen and oxygen atoms in total. The number of carbonyl (C=O) groups excluding carboxylic acids is 2. The number of nitrogens with one attached hydrogen (secondary N) is 1. The zero-order chi connectivity index (χ0) is 17.6. The number of hydrogen-bond acceptors (Lipinski definition) is 4. The Bertz CT molecular complexity index is 858. The van der Waals surface area contributed by atoms with E-state index in [1.165, 1.54) is 24.4 Å². The summed E-state index contributed by atoms with van der Waals surface area (Å²) in [6.07, 6.45) is 5.50. The molecule has 0 radical (unpaired) electrons. The van der Waals surface area contributed by atoms with Gasteiger partial charge in [-0.25, -0.2) is 14.4 Å². The molecule has 2 fully saturated rings. The van der Waals surface area contributed by atoms with Crippen molar-refractivity contribution in [2.75, 3.05) is 5.32 Å². The molecule has 0 unspecified atom stereocenters. The van der Waals surface area contributed by atoms with E-state index in [0.717, 1.165) is 36.9 Å². The lowest BCUT2D eigenvalue weighted by Gasteiger charge is -2.11. The molecule has 2 aliphatic carbocycles. The Morgan fingerprint density at radius 3 is 2.44 bits per heavy atom. The summed E-state index contributed by atoms with van der Waals surface area (Å²) < 4.78 is 14.4. The molecule has 0 bridgehead atoms. The number of pyridine rings is 2. The second kappa shape index (κ2) is 5.91. The predicted octanol–water partition coefficient (Wildman–Crippen LogP) is 2.72. The van der Waals surface area contributed by atoms with Crippen LogP contribution in [0.5, 0.6) is 0 Å². The fourth-order valence-corrected chi connectivity index (χ4v) is 2.89. The van der Waals surface area contributed by atoms with Crippen molar-refractivity contribution >= 4 is 17.5 Å². The lowest BCUT2D eigenvalue weighted by molar-refractivity contribution is 0.0993. The maximum Gasteiger partial charge on any atom is 0.277 e. The second-order valence-electron chi connectivity index (χ2n) is 6.59. The van der Waals surface area contributed by atoms with Gasteiger partial charge < -0.3 is 11.1 Å². The van der Waals surface area contributed by atoms with Crippen molar-refractivity contribution in [3.63, 3.8) is 0 Å². The summed E-state index contributed by atoms with van der Waals surface area (Å²) >= 11 is 0. The van der Waals surface area contributed by atoms with Crippen LogP contribution < -0.4 is 11.1 Å². The molecule has 0 aromatic carbocycles. The third-order valence-corrected chi connectivity index (χ3v) is 4.51. The van der Waals surface area contributed by atoms with E-state index in [2.05, 4.69) is 15.3 Å². The molecule has 2 aromatic rings. The maximum atomic E-state index is 14.4. The number of anilines is 1. The van der Waals surface area contributed by atoms with Gasteiger partial charge in [0.25, 0.3) is 11.8 Å². The lowest BCUT2D eigenvalue weighted by atomic mass is 10.0. The summed E-state index contributed by atoms with van der Waals surface area (Å²) in [5.74, 6) is -1.16. The van der Waals surface area contributed by atoms with Crippen LogP contribution in [-0.2, 0) is 0 Å². The van der Waals surface area contributed by atoms with Gasteiger partial charge in [0, 0.05) is 11.6 Å². The maximum absolute atomic E-state index is 14.4. The van der Waals surface area contributed by atoms with E-state index in [0.29, 0.717) is 17.5 Å². The first-order valence-corrected chi connectivity index (χ1v) is 8.30. The van der Waals surface area contributed by atoms with Crippen molar-refractivity contribution in [3.8, 4) is 0 Å². The fraction of sp³-hybridized carbons (Fsp3) is 0.333. The highest BCUT2D eigenvalue weighted by Gasteiger charge is 2.35. The molecule has 2 aromatic heterocycles. The van der Waals surface area contributed by atoms with E-state index >= 15 is 0 Å². The topological polar surface area (TPSA) is 98.0 Å². The van der Waals surface area contributed by atoms with E-state index in [1.807, 2.05) is 0 Å². The van der Waals surface area contributed by atoms with E-state index in [-0.39, 0.29) is 11.4 Å². The van der Waals surface area contributed by atoms with Gasteiger partial charge in [-0.2, -0.15) is 0 Å². The Morgan fingerprint density at radius 1 is 1.16 bits per heavy atom. The minimum Gasteiger partial charge on any atom is -0.364 e. The first-order valence-electron chi connectivity index (χ1n) is 8.30. The number of nitrogens with zero attached hydrogens (tertiary/aromatic N) is 2. The van der Waals surface area contributed by atoms with Crippen LogP contribution in [-0.4, -0.2) is 21.8 Å². The lowest BCUT2D eigenvalue weighted by Crippen LogP contribution is -2.18. The first kappa shape index (κ1) is 15.7. The molecule has 3 N–H and O–H groups in total. The van der Waals surface area contributed by atoms with Crippen LogP contribution in [0.4, 0.5) is 10.1 Å². The molecule has 7 heteroatoms. The van der Waals surface area contributed by atoms with Crippen LogP contribution in [0.25, 0.3) is 0 Å². The quantitative estimate of drug-likeness (QED) is 0.874. The summed E-state index contributed by atoms with van der Waals surface area (Å²) in [6.45, 7) is 0. The van der Waals surface area contributed by atoms with E-state index in [1.54, 1.807) is 0 Å². The number of hydrogen-bond donors (Lipinski definition) is 2. The van der Waals surface area contributed by atoms with Crippen LogP contribution in [0, 0.1) is 5.82 Å². The van der Waals surface area contributed by atoms with Gasteiger partial charge in [-0.3, -0.25) is 9.59 Å². The number of carbonyl (C=O) groups is 2. The van der Waals surface area contributed by atoms with Crippen molar-refractivity contribution in [1.29, 1.82) is 0 Å². The molecule has 2 heterocycles. The van der Waals surface area contributed by atoms with Crippen LogP contribution in [0.15, 0.2) is 24.4 Å². The van der Waals surface area contributed by atoms with Gasteiger partial charge in [-0.15, -0.1) is 0 Å². The summed E-state index contributed by atoms with van der Waals surface area (Å²) in [5, 5.41) is 2.56. The van der Waals surface area contributed by atoms with Crippen molar-refractivity contribution < 1.29 is 14.0 Å². The number of rotatable bonds is 5. The Balaban J connectivity index is 1.59. The minimum absolute atomic E-state index is 0.0899. The van der Waals surface area contributed by atoms with Gasteiger partial charge in [-0.1, -0.05) is 0 Å². The van der Waals surface area contributed by atoms with Crippen molar-refractivity contribution in [1.82, 2.24) is 9.97 Å². The van der Waals surface area contributed by atoms with Crippen LogP contribution in [0.1, 0.15) is 69.8 Å². The van der Waals surface area contributed by atoms with Crippen LogP contribution in [0.3, 0.4) is 0 Å². The largest absolute Gasteiger partial charge is 0.364 e. The summed E-state index contributed by atoms with van der Waals surface area (Å²) in [6, 6.07) is 4.36. The van der Waals surface area contributed by atoms with Crippen molar-refractivity contribution in [2.24, 2.45) is 5.73 Å². The number of primary amides is 1. The van der Waals surface area contributed by atoms with E-state index in [9.17, 15) is 14.0 Å². The summed E-state index contributed by atoms with van der Waals surface area (Å²) in [4.78, 5) is 31.6. The minimum atomic E-state index is -0.657. The third-order valence-electron chi connectivity index (χ3n) is 4.51. The number of amides is 2. The van der Waals surface area contributed by atoms with Crippen LogP contribution >= 0.6 is 0 Å². The second-order valence-corrected chi connectivity index (χ2v) is 6.59. The Labute approximate surface area is 143 Å². The summed E-state index contributed by atoms with van der Waals surface area (Å²) in [7, 11) is 0. The molecule has 2 aliphatic rings. The molecular weight excluding hydrogens is 323 g/mol. The molecular formula is C18H17FN4O2. The van der Waals surface area contributed by atoms with Crippen LogP contribution in [0.2, 0.25) is 0 Å². The molecule has 4 rings (SSSR count). The molecule has 0 aliphatic heterocycles. The zero-order valence-electron chi connectivity index (χ0n) is 13.5. The highest BCUT2D eigenvalue weighted by molar-refractivity contribution is 6.03. The van der Waals surface area contributed by atoms with E-state index < -0.39 is 17.6 Å². The number of nitrogens with two attached hydrogens (primary N) is 1. The Morgan fingerprint density at radius 2 is 1.88 bits per heavy atom. The third kappa shape index (κ3) is 3.22. The number of halogens is 1. The SMILES string of the molecule is NC(=O)c1ccc(NC(=O)c2nc(C3CC3)c(C3CC3)cc2F)cn1. The number of aromatic nitrogens is 2. The average Bonchev–Trinajstić information content (AvgIpc) is 3.48. The highest BCUT2D eigenvalue weighted by atomic mass is 19.1. The normalized spacial score (nSPS) is 16.5. The smallest absolute Gasteiger partial charge is 0.277 e. The van der Waals surface area contributed by atoms with Gasteiger partial charge >= 0.3 is 0 Å². The molecule has 2 saturated carbocycles. The van der Waals surface area contributed by atoms with Crippen molar-refractivity contribution in [2.45, 2.75) is 37.5 Å². The Kier molecular flexibility index (Phi) is 3.71. The molecule has 0 spiro atoms. The van der Waals surface area contributed by atoms with Gasteiger partial charge in [-0.05, 0) is 55.4 Å². The zero-order valence-corrected chi connectivity index (χ0v) is 13.5. The molecule has 128 valence electrons. The average molecular weight is 340 g/mol. The molecule has 0 atom stereocenters. The van der Waals surface area contributed by atoms with Gasteiger partial charge in [0.15, 0.2) is 11.5 Å². The standard InChI is InChI=1S/C18H17FN4O2/c19-13-7-12(9-1-2-9)15(10-3-4-10)23-16(13)18(25)22-11-5-6-14(17(20)24)21-8-11/h5-10H,1-4H2,(H2,20,24)(H,22,25). The van der Waals surface area contributed by atoms with Gasteiger partial charge in [0.05, 0.1) is 11.9 Å². The summed E-state index contributed by atoms with van der Waals surface area (Å²) in [5.41, 5.74) is 7.19. The van der Waals surface area contributed by atoms with Gasteiger partial charge in [0.1, 0.15) is 5.69 Å². The predicted molar refractivity (Wildman–Crippen MR) is 88.9 cm³/mol. The Hall–Kier alpha value is -2.83. The fourth-order valence-electron chi connectivity index (χ4n) is 2.89. The monoisotopic (exact) mass is 340 g/mol. The molecule has 25 heavy (non-hydrogen) atoms. The molecule has 2 amide bonds. The first-order chi connectivity index (χ1) is 12.0.